The molecule has 1 atom stereocenters. The summed E-state index contributed by atoms with van der Waals surface area (Å²) in [5, 5.41) is 5.23. The van der Waals surface area contributed by atoms with Gasteiger partial charge in [0.2, 0.25) is 0 Å². The van der Waals surface area contributed by atoms with Crippen molar-refractivity contribution < 1.29 is 33.3 Å². The van der Waals surface area contributed by atoms with Crippen molar-refractivity contribution in [2.24, 2.45) is 0 Å². The first-order chi connectivity index (χ1) is 13.3. The van der Waals surface area contributed by atoms with E-state index in [1.807, 2.05) is 6.92 Å². The lowest BCUT2D eigenvalue weighted by Gasteiger charge is -2.23. The number of carbonyl (C=O) groups excluding carboxylic acids is 3. The lowest BCUT2D eigenvalue weighted by Crippen LogP contribution is -2.40. The Kier molecular flexibility index (Phi) is 12.3. The van der Waals surface area contributed by atoms with E-state index in [9.17, 15) is 14.4 Å². The number of hydrogen-bond acceptors (Lipinski definition) is 7. The van der Waals surface area contributed by atoms with Crippen LogP contribution >= 0.6 is 0 Å². The van der Waals surface area contributed by atoms with E-state index in [0.29, 0.717) is 13.0 Å². The highest BCUT2D eigenvalue weighted by molar-refractivity contribution is 5.70. The molecule has 0 aliphatic heterocycles. The Hall–Kier alpha value is -2.03. The van der Waals surface area contributed by atoms with Crippen LogP contribution in [0.3, 0.4) is 0 Å². The molecule has 0 aliphatic carbocycles. The van der Waals surface area contributed by atoms with Crippen molar-refractivity contribution in [2.45, 2.75) is 85.0 Å². The number of amides is 2. The van der Waals surface area contributed by atoms with Crippen LogP contribution in [0.4, 0.5) is 9.59 Å². The van der Waals surface area contributed by atoms with E-state index in [0.717, 1.165) is 12.8 Å². The number of ether oxygens (including phenoxy) is 4. The Labute approximate surface area is 174 Å². The van der Waals surface area contributed by atoms with Crippen LogP contribution in [0.25, 0.3) is 0 Å². The molecule has 0 aromatic rings. The van der Waals surface area contributed by atoms with Gasteiger partial charge in [-0.05, 0) is 54.4 Å². The molecular formula is C20H38N2O7. The van der Waals surface area contributed by atoms with Gasteiger partial charge < -0.3 is 29.6 Å². The molecule has 0 aliphatic rings. The topological polar surface area (TPSA) is 112 Å². The second-order valence-corrected chi connectivity index (χ2v) is 8.61. The molecular weight excluding hydrogens is 380 g/mol. The highest BCUT2D eigenvalue weighted by Crippen LogP contribution is 2.08. The molecule has 0 fully saturated rings. The first-order valence-electron chi connectivity index (χ1n) is 10.0. The fourth-order valence-electron chi connectivity index (χ4n) is 1.96. The minimum Gasteiger partial charge on any atom is -0.464 e. The summed E-state index contributed by atoms with van der Waals surface area (Å²) >= 11 is 0. The highest BCUT2D eigenvalue weighted by atomic mass is 16.6. The number of esters is 1. The molecule has 2 amide bonds. The second-order valence-electron chi connectivity index (χ2n) is 8.61. The van der Waals surface area contributed by atoms with Crippen molar-refractivity contribution >= 4 is 18.2 Å². The van der Waals surface area contributed by atoms with Crippen LogP contribution in [0.15, 0.2) is 0 Å². The Morgan fingerprint density at radius 2 is 1.45 bits per heavy atom. The number of rotatable bonds is 11. The largest absolute Gasteiger partial charge is 0.464 e. The van der Waals surface area contributed by atoms with Crippen LogP contribution in [-0.2, 0) is 23.7 Å². The van der Waals surface area contributed by atoms with Gasteiger partial charge >= 0.3 is 18.2 Å². The molecule has 0 saturated heterocycles. The summed E-state index contributed by atoms with van der Waals surface area (Å²) in [6.07, 6.45) is 0.419. The van der Waals surface area contributed by atoms with Crippen molar-refractivity contribution in [1.29, 1.82) is 0 Å². The maximum absolute atomic E-state index is 11.8. The monoisotopic (exact) mass is 418 g/mol. The SMILES string of the molecule is CCCCOC(=O)COC(CCNC(=O)OC(C)(C)C)CNC(=O)OC(C)(C)C. The summed E-state index contributed by atoms with van der Waals surface area (Å²) in [7, 11) is 0. The Morgan fingerprint density at radius 3 is 1.97 bits per heavy atom. The standard InChI is InChI=1S/C20H38N2O7/c1-8-9-12-26-16(23)14-27-15(13-22-18(25)29-20(5,6)7)10-11-21-17(24)28-19(2,3)4/h15H,8-14H2,1-7H3,(H,21,24)(H,22,25). The quantitative estimate of drug-likeness (QED) is 0.301. The predicted molar refractivity (Wildman–Crippen MR) is 109 cm³/mol. The van der Waals surface area contributed by atoms with Gasteiger partial charge in [-0.2, -0.15) is 0 Å². The summed E-state index contributed by atoms with van der Waals surface area (Å²) in [5.74, 6) is -0.471. The van der Waals surface area contributed by atoms with Gasteiger partial charge in [-0.15, -0.1) is 0 Å². The zero-order valence-corrected chi connectivity index (χ0v) is 18.9. The Balaban J connectivity index is 4.52. The molecule has 0 aromatic heterocycles. The molecule has 9 nitrogen and oxygen atoms in total. The molecule has 170 valence electrons. The molecule has 0 saturated carbocycles. The van der Waals surface area contributed by atoms with Gasteiger partial charge in [-0.1, -0.05) is 13.3 Å². The summed E-state index contributed by atoms with van der Waals surface area (Å²) in [5.41, 5.74) is -1.22. The van der Waals surface area contributed by atoms with Gasteiger partial charge in [-0.3, -0.25) is 0 Å². The van der Waals surface area contributed by atoms with Crippen LogP contribution in [0.2, 0.25) is 0 Å². The number of alkyl carbamates (subject to hydrolysis) is 2. The molecule has 0 radical (unpaired) electrons. The molecule has 0 heterocycles. The number of hydrogen-bond donors (Lipinski definition) is 2. The fourth-order valence-corrected chi connectivity index (χ4v) is 1.96. The third-order valence-corrected chi connectivity index (χ3v) is 3.21. The normalized spacial score (nSPS) is 12.7. The number of unbranched alkanes of at least 4 members (excludes halogenated alkanes) is 1. The van der Waals surface area contributed by atoms with E-state index in [1.165, 1.54) is 0 Å². The van der Waals surface area contributed by atoms with Crippen LogP contribution in [0.1, 0.15) is 67.7 Å². The fraction of sp³-hybridized carbons (Fsp3) is 0.850. The van der Waals surface area contributed by atoms with Crippen molar-refractivity contribution in [3.63, 3.8) is 0 Å². The van der Waals surface area contributed by atoms with Crippen molar-refractivity contribution in [3.05, 3.63) is 0 Å². The van der Waals surface area contributed by atoms with Crippen molar-refractivity contribution in [1.82, 2.24) is 10.6 Å². The second kappa shape index (κ2) is 13.2. The lowest BCUT2D eigenvalue weighted by molar-refractivity contribution is -0.151. The zero-order chi connectivity index (χ0) is 22.5. The van der Waals surface area contributed by atoms with Gasteiger partial charge in [0.1, 0.15) is 17.8 Å². The van der Waals surface area contributed by atoms with E-state index < -0.39 is 35.5 Å². The third kappa shape index (κ3) is 17.8. The highest BCUT2D eigenvalue weighted by Gasteiger charge is 2.20. The van der Waals surface area contributed by atoms with E-state index in [-0.39, 0.29) is 19.7 Å². The zero-order valence-electron chi connectivity index (χ0n) is 18.9. The van der Waals surface area contributed by atoms with Crippen LogP contribution in [0.5, 0.6) is 0 Å². The number of carbonyl (C=O) groups is 3. The van der Waals surface area contributed by atoms with E-state index in [4.69, 9.17) is 18.9 Å². The van der Waals surface area contributed by atoms with Crippen molar-refractivity contribution in [2.75, 3.05) is 26.3 Å². The van der Waals surface area contributed by atoms with Crippen LogP contribution < -0.4 is 10.6 Å². The van der Waals surface area contributed by atoms with Crippen molar-refractivity contribution in [3.8, 4) is 0 Å². The lowest BCUT2D eigenvalue weighted by atomic mass is 10.2. The third-order valence-electron chi connectivity index (χ3n) is 3.21. The summed E-state index contributed by atoms with van der Waals surface area (Å²) in [6, 6.07) is 0. The molecule has 0 spiro atoms. The first-order valence-corrected chi connectivity index (χ1v) is 10.0. The molecule has 9 heteroatoms. The van der Waals surface area contributed by atoms with Gasteiger partial charge in [0.25, 0.3) is 0 Å². The Bertz CT molecular complexity index is 510. The number of nitrogens with one attached hydrogen (secondary N) is 2. The van der Waals surface area contributed by atoms with E-state index >= 15 is 0 Å². The molecule has 2 N–H and O–H groups in total. The minimum atomic E-state index is -0.623. The average molecular weight is 419 g/mol. The first kappa shape index (κ1) is 27.0. The smallest absolute Gasteiger partial charge is 0.407 e. The van der Waals surface area contributed by atoms with Gasteiger partial charge in [0, 0.05) is 13.1 Å². The average Bonchev–Trinajstić information content (AvgIpc) is 2.53. The molecule has 0 aromatic carbocycles. The van der Waals surface area contributed by atoms with E-state index in [1.54, 1.807) is 41.5 Å². The van der Waals surface area contributed by atoms with Gasteiger partial charge in [0.05, 0.1) is 12.7 Å². The van der Waals surface area contributed by atoms with Crippen LogP contribution in [-0.4, -0.2) is 61.8 Å². The summed E-state index contributed by atoms with van der Waals surface area (Å²) in [6.45, 7) is 13.1. The Morgan fingerprint density at radius 1 is 0.897 bits per heavy atom. The van der Waals surface area contributed by atoms with Gasteiger partial charge in [0.15, 0.2) is 0 Å². The maximum atomic E-state index is 11.8. The maximum Gasteiger partial charge on any atom is 0.407 e. The predicted octanol–water partition coefficient (Wildman–Crippen LogP) is 3.15. The molecule has 1 unspecified atom stereocenters. The molecule has 29 heavy (non-hydrogen) atoms. The molecule has 0 rings (SSSR count). The summed E-state index contributed by atoms with van der Waals surface area (Å²) in [4.78, 5) is 35.3. The van der Waals surface area contributed by atoms with Gasteiger partial charge in [-0.25, -0.2) is 14.4 Å². The van der Waals surface area contributed by atoms with Crippen LogP contribution in [0, 0.1) is 0 Å². The van der Waals surface area contributed by atoms with E-state index in [2.05, 4.69) is 10.6 Å². The minimum absolute atomic E-state index is 0.118. The molecule has 0 bridgehead atoms. The summed E-state index contributed by atoms with van der Waals surface area (Å²) < 4.78 is 21.0.